The number of esters is 1. The standard InChI is InChI=1S/C20H23N3O3/c1-5-10-25-16-6-8-17(9-7-16)26-20(24)18-11-15-12-21-23(13(2)3)19(15)22-14(18)4/h6-9,11-13H,5,10H2,1-4H3. The second-order valence-corrected chi connectivity index (χ2v) is 6.43. The van der Waals surface area contributed by atoms with Crippen molar-refractivity contribution in [3.8, 4) is 11.5 Å². The van der Waals surface area contributed by atoms with E-state index in [-0.39, 0.29) is 6.04 Å². The molecule has 26 heavy (non-hydrogen) atoms. The molecule has 0 aliphatic heterocycles. The molecule has 0 atom stereocenters. The van der Waals surface area contributed by atoms with Gasteiger partial charge in [0.25, 0.3) is 0 Å². The lowest BCUT2D eigenvalue weighted by molar-refractivity contribution is 0.0733. The maximum Gasteiger partial charge on any atom is 0.345 e. The molecule has 0 saturated heterocycles. The molecule has 0 spiro atoms. The van der Waals surface area contributed by atoms with Crippen molar-refractivity contribution in [1.29, 1.82) is 0 Å². The first-order valence-electron chi connectivity index (χ1n) is 8.79. The van der Waals surface area contributed by atoms with Gasteiger partial charge in [0.15, 0.2) is 5.65 Å². The van der Waals surface area contributed by atoms with E-state index in [4.69, 9.17) is 9.47 Å². The van der Waals surface area contributed by atoms with Crippen molar-refractivity contribution in [2.75, 3.05) is 6.61 Å². The smallest absolute Gasteiger partial charge is 0.345 e. The molecule has 1 aromatic carbocycles. The van der Waals surface area contributed by atoms with E-state index in [2.05, 4.69) is 10.1 Å². The van der Waals surface area contributed by atoms with Gasteiger partial charge in [-0.25, -0.2) is 14.5 Å². The molecule has 0 aliphatic rings. The second kappa shape index (κ2) is 7.56. The minimum absolute atomic E-state index is 0.200. The van der Waals surface area contributed by atoms with Gasteiger partial charge in [-0.3, -0.25) is 0 Å². The Bertz CT molecular complexity index is 914. The molecule has 2 heterocycles. The summed E-state index contributed by atoms with van der Waals surface area (Å²) >= 11 is 0. The van der Waals surface area contributed by atoms with Crippen LogP contribution in [0.1, 0.15) is 49.3 Å². The Morgan fingerprint density at radius 2 is 1.88 bits per heavy atom. The summed E-state index contributed by atoms with van der Waals surface area (Å²) in [7, 11) is 0. The van der Waals surface area contributed by atoms with Gasteiger partial charge in [-0.2, -0.15) is 5.10 Å². The first-order valence-corrected chi connectivity index (χ1v) is 8.79. The SMILES string of the molecule is CCCOc1ccc(OC(=O)c2cc3cnn(C(C)C)c3nc2C)cc1. The van der Waals surface area contributed by atoms with Crippen molar-refractivity contribution in [2.45, 2.75) is 40.2 Å². The van der Waals surface area contributed by atoms with Crippen molar-refractivity contribution in [1.82, 2.24) is 14.8 Å². The van der Waals surface area contributed by atoms with Gasteiger partial charge in [-0.15, -0.1) is 0 Å². The second-order valence-electron chi connectivity index (χ2n) is 6.43. The third kappa shape index (κ3) is 3.69. The topological polar surface area (TPSA) is 66.2 Å². The van der Waals surface area contributed by atoms with Gasteiger partial charge in [0.05, 0.1) is 24.1 Å². The monoisotopic (exact) mass is 353 g/mol. The molecule has 2 aromatic heterocycles. The van der Waals surface area contributed by atoms with Gasteiger partial charge in [-0.05, 0) is 57.5 Å². The van der Waals surface area contributed by atoms with Gasteiger partial charge in [0.1, 0.15) is 11.5 Å². The van der Waals surface area contributed by atoms with Crippen LogP contribution < -0.4 is 9.47 Å². The van der Waals surface area contributed by atoms with E-state index in [1.54, 1.807) is 43.5 Å². The maximum absolute atomic E-state index is 12.6. The quantitative estimate of drug-likeness (QED) is 0.487. The summed E-state index contributed by atoms with van der Waals surface area (Å²) in [6, 6.07) is 9.01. The van der Waals surface area contributed by atoms with Crippen LogP contribution in [0, 0.1) is 6.92 Å². The Morgan fingerprint density at radius 1 is 1.19 bits per heavy atom. The molecule has 0 saturated carbocycles. The van der Waals surface area contributed by atoms with E-state index in [1.165, 1.54) is 0 Å². The predicted molar refractivity (Wildman–Crippen MR) is 99.8 cm³/mol. The number of ether oxygens (including phenoxy) is 2. The molecule has 0 aliphatic carbocycles. The third-order valence-corrected chi connectivity index (χ3v) is 3.98. The van der Waals surface area contributed by atoms with Crippen LogP contribution in [0.5, 0.6) is 11.5 Å². The Morgan fingerprint density at radius 3 is 2.54 bits per heavy atom. The van der Waals surface area contributed by atoms with Crippen molar-refractivity contribution in [2.24, 2.45) is 0 Å². The number of hydrogen-bond donors (Lipinski definition) is 0. The molecule has 0 N–H and O–H groups in total. The van der Waals surface area contributed by atoms with E-state index in [1.807, 2.05) is 25.5 Å². The van der Waals surface area contributed by atoms with Crippen molar-refractivity contribution in [3.05, 3.63) is 47.8 Å². The van der Waals surface area contributed by atoms with Crippen LogP contribution in [-0.2, 0) is 0 Å². The Hall–Kier alpha value is -2.89. The van der Waals surface area contributed by atoms with E-state index < -0.39 is 5.97 Å². The number of benzene rings is 1. The Labute approximate surface area is 152 Å². The number of rotatable bonds is 6. The molecule has 3 aromatic rings. The molecule has 3 rings (SSSR count). The Balaban J connectivity index is 1.80. The predicted octanol–water partition coefficient (Wildman–Crippen LogP) is 4.33. The van der Waals surface area contributed by atoms with Gasteiger partial charge in [0, 0.05) is 11.4 Å². The fourth-order valence-corrected chi connectivity index (χ4v) is 2.64. The molecule has 0 radical (unpaired) electrons. The van der Waals surface area contributed by atoms with Crippen LogP contribution in [0.15, 0.2) is 36.5 Å². The van der Waals surface area contributed by atoms with Crippen LogP contribution in [0.4, 0.5) is 0 Å². The van der Waals surface area contributed by atoms with E-state index in [0.717, 1.165) is 23.2 Å². The first-order chi connectivity index (χ1) is 12.5. The highest BCUT2D eigenvalue weighted by Gasteiger charge is 2.17. The third-order valence-electron chi connectivity index (χ3n) is 3.98. The van der Waals surface area contributed by atoms with Crippen molar-refractivity contribution >= 4 is 17.0 Å². The van der Waals surface area contributed by atoms with E-state index in [0.29, 0.717) is 23.6 Å². The highest BCUT2D eigenvalue weighted by Crippen LogP contribution is 2.22. The van der Waals surface area contributed by atoms with Gasteiger partial charge in [0.2, 0.25) is 0 Å². The highest BCUT2D eigenvalue weighted by molar-refractivity contribution is 5.95. The zero-order valence-electron chi connectivity index (χ0n) is 15.5. The highest BCUT2D eigenvalue weighted by atomic mass is 16.5. The first kappa shape index (κ1) is 17.9. The largest absolute Gasteiger partial charge is 0.494 e. The summed E-state index contributed by atoms with van der Waals surface area (Å²) in [6.07, 6.45) is 2.66. The number of fused-ring (bicyclic) bond motifs is 1. The maximum atomic E-state index is 12.6. The Kier molecular flexibility index (Phi) is 5.21. The number of aryl methyl sites for hydroxylation is 1. The molecule has 6 heteroatoms. The molecule has 0 amide bonds. The van der Waals surface area contributed by atoms with Crippen LogP contribution in [0.3, 0.4) is 0 Å². The van der Waals surface area contributed by atoms with Crippen LogP contribution in [0.2, 0.25) is 0 Å². The fraction of sp³-hybridized carbons (Fsp3) is 0.350. The summed E-state index contributed by atoms with van der Waals surface area (Å²) < 4.78 is 12.9. The number of aromatic nitrogens is 3. The number of pyridine rings is 1. The average molecular weight is 353 g/mol. The summed E-state index contributed by atoms with van der Waals surface area (Å²) in [6.45, 7) is 8.59. The minimum Gasteiger partial charge on any atom is -0.494 e. The fourth-order valence-electron chi connectivity index (χ4n) is 2.64. The summed E-state index contributed by atoms with van der Waals surface area (Å²) in [5.74, 6) is 0.791. The molecule has 6 nitrogen and oxygen atoms in total. The van der Waals surface area contributed by atoms with Crippen molar-refractivity contribution < 1.29 is 14.3 Å². The van der Waals surface area contributed by atoms with Crippen LogP contribution in [0.25, 0.3) is 11.0 Å². The molecular weight excluding hydrogens is 330 g/mol. The average Bonchev–Trinajstić information content (AvgIpc) is 3.03. The van der Waals surface area contributed by atoms with Crippen LogP contribution in [-0.4, -0.2) is 27.3 Å². The van der Waals surface area contributed by atoms with Gasteiger partial charge < -0.3 is 9.47 Å². The molecule has 136 valence electrons. The minimum atomic E-state index is -0.434. The number of carbonyl (C=O) groups excluding carboxylic acids is 1. The lowest BCUT2D eigenvalue weighted by atomic mass is 10.1. The number of nitrogens with zero attached hydrogens (tertiary/aromatic N) is 3. The molecule has 0 unspecified atom stereocenters. The lowest BCUT2D eigenvalue weighted by Gasteiger charge is -2.10. The molecule has 0 bridgehead atoms. The summed E-state index contributed by atoms with van der Waals surface area (Å²) in [5, 5.41) is 5.16. The zero-order chi connectivity index (χ0) is 18.7. The van der Waals surface area contributed by atoms with Crippen LogP contribution >= 0.6 is 0 Å². The van der Waals surface area contributed by atoms with E-state index >= 15 is 0 Å². The van der Waals surface area contributed by atoms with Crippen molar-refractivity contribution in [3.63, 3.8) is 0 Å². The zero-order valence-corrected chi connectivity index (χ0v) is 15.5. The van der Waals surface area contributed by atoms with Gasteiger partial charge >= 0.3 is 5.97 Å². The number of hydrogen-bond acceptors (Lipinski definition) is 5. The normalized spacial score (nSPS) is 11.1. The summed E-state index contributed by atoms with van der Waals surface area (Å²) in [4.78, 5) is 17.1. The number of carbonyl (C=O) groups is 1. The summed E-state index contributed by atoms with van der Waals surface area (Å²) in [5.41, 5.74) is 1.83. The molecule has 0 fully saturated rings. The lowest BCUT2D eigenvalue weighted by Crippen LogP contribution is -2.12. The molecular formula is C20H23N3O3. The van der Waals surface area contributed by atoms with Gasteiger partial charge in [-0.1, -0.05) is 6.92 Å². The van der Waals surface area contributed by atoms with E-state index in [9.17, 15) is 4.79 Å².